The fourth-order valence-electron chi connectivity index (χ4n) is 0.383. The van der Waals surface area contributed by atoms with Crippen LogP contribution in [0.3, 0.4) is 0 Å². The SMILES string of the molecule is [CH3][Sn]([CH3])([CH3])[CH2]C=C(Cl)Cl. The Kier molecular flexibility index (Phi) is 4.60. The molecule has 0 nitrogen and oxygen atoms in total. The monoisotopic (exact) mass is 274 g/mol. The Morgan fingerprint density at radius 2 is 1.78 bits per heavy atom. The van der Waals surface area contributed by atoms with Crippen LogP contribution >= 0.6 is 23.2 Å². The Balaban J connectivity index is 3.64. The first-order valence-corrected chi connectivity index (χ1v) is 14.3. The third-order valence-electron chi connectivity index (χ3n) is 0.869. The van der Waals surface area contributed by atoms with Gasteiger partial charge in [-0.25, -0.2) is 0 Å². The Morgan fingerprint density at radius 3 is 1.89 bits per heavy atom. The van der Waals surface area contributed by atoms with Gasteiger partial charge in [0, 0.05) is 0 Å². The van der Waals surface area contributed by atoms with E-state index in [2.05, 4.69) is 14.8 Å². The summed E-state index contributed by atoms with van der Waals surface area (Å²) in [6, 6.07) is 0. The van der Waals surface area contributed by atoms with Gasteiger partial charge in [0.25, 0.3) is 0 Å². The van der Waals surface area contributed by atoms with E-state index in [0.29, 0.717) is 4.49 Å². The molecule has 0 aromatic heterocycles. The van der Waals surface area contributed by atoms with Crippen LogP contribution in [0.25, 0.3) is 0 Å². The second-order valence-electron chi connectivity index (χ2n) is 3.26. The Bertz CT molecular complexity index is 109. The number of halogens is 2. The van der Waals surface area contributed by atoms with Crippen LogP contribution in [0.15, 0.2) is 10.6 Å². The summed E-state index contributed by atoms with van der Waals surface area (Å²) < 4.78 is 1.55. The zero-order valence-electron chi connectivity index (χ0n) is 6.04. The van der Waals surface area contributed by atoms with Crippen molar-refractivity contribution in [3.8, 4) is 0 Å². The van der Waals surface area contributed by atoms with Gasteiger partial charge in [-0.1, -0.05) is 0 Å². The van der Waals surface area contributed by atoms with E-state index >= 15 is 0 Å². The molecule has 0 spiro atoms. The summed E-state index contributed by atoms with van der Waals surface area (Å²) in [6.45, 7) is 0. The van der Waals surface area contributed by atoms with Crippen LogP contribution < -0.4 is 0 Å². The fraction of sp³-hybridized carbons (Fsp3) is 0.667. The fourth-order valence-corrected chi connectivity index (χ4v) is 3.61. The Hall–Kier alpha value is 1.12. The maximum absolute atomic E-state index is 5.44. The molecule has 0 aromatic carbocycles. The molecule has 0 saturated carbocycles. The van der Waals surface area contributed by atoms with Gasteiger partial charge in [-0.05, 0) is 0 Å². The first kappa shape index (κ1) is 10.1. The normalized spacial score (nSPS) is 11.2. The average Bonchev–Trinajstić information content (AvgIpc) is 1.59. The van der Waals surface area contributed by atoms with E-state index in [1.165, 1.54) is 0 Å². The molecule has 0 N–H and O–H groups in total. The summed E-state index contributed by atoms with van der Waals surface area (Å²) in [5.74, 6) is 0. The number of hydrogen-bond donors (Lipinski definition) is 0. The van der Waals surface area contributed by atoms with Gasteiger partial charge in [0.05, 0.1) is 0 Å². The minimum atomic E-state index is -1.61. The summed E-state index contributed by atoms with van der Waals surface area (Å²) in [5, 5.41) is 0. The van der Waals surface area contributed by atoms with Crippen LogP contribution in [0.5, 0.6) is 0 Å². The molecule has 0 rings (SSSR count). The first-order valence-electron chi connectivity index (χ1n) is 2.93. The van der Waals surface area contributed by atoms with E-state index in [4.69, 9.17) is 23.2 Å². The molecule has 0 aromatic rings. The molecule has 3 heteroatoms. The number of allylic oxidation sites excluding steroid dienone is 1. The van der Waals surface area contributed by atoms with Crippen molar-refractivity contribution in [2.75, 3.05) is 0 Å². The summed E-state index contributed by atoms with van der Waals surface area (Å²) in [6.07, 6.45) is 1.92. The molecule has 0 heterocycles. The molecule has 0 unspecified atom stereocenters. The van der Waals surface area contributed by atoms with Crippen LogP contribution in [0, 0.1) is 0 Å². The molecule has 0 atom stereocenters. The van der Waals surface area contributed by atoms with Gasteiger partial charge in [0.1, 0.15) is 0 Å². The summed E-state index contributed by atoms with van der Waals surface area (Å²) in [7, 11) is 0. The van der Waals surface area contributed by atoms with Gasteiger partial charge in [-0.15, -0.1) is 0 Å². The van der Waals surface area contributed by atoms with Crippen LogP contribution in [0.2, 0.25) is 19.3 Å². The quantitative estimate of drug-likeness (QED) is 0.674. The summed E-state index contributed by atoms with van der Waals surface area (Å²) in [4.78, 5) is 7.05. The Morgan fingerprint density at radius 1 is 1.33 bits per heavy atom. The molecule has 0 saturated heterocycles. The van der Waals surface area contributed by atoms with E-state index in [0.717, 1.165) is 4.44 Å². The molecule has 54 valence electrons. The zero-order chi connectivity index (χ0) is 7.49. The second kappa shape index (κ2) is 4.09. The maximum atomic E-state index is 5.44. The molecule has 9 heavy (non-hydrogen) atoms. The molecule has 0 bridgehead atoms. The second-order valence-corrected chi connectivity index (χ2v) is 20.0. The zero-order valence-corrected chi connectivity index (χ0v) is 10.4. The van der Waals surface area contributed by atoms with Crippen molar-refractivity contribution in [1.29, 1.82) is 0 Å². The molecule has 0 radical (unpaired) electrons. The minimum absolute atomic E-state index is 0.418. The average molecular weight is 274 g/mol. The van der Waals surface area contributed by atoms with Gasteiger partial charge in [-0.3, -0.25) is 0 Å². The van der Waals surface area contributed by atoms with Gasteiger partial charge >= 0.3 is 71.4 Å². The molecular weight excluding hydrogens is 262 g/mol. The van der Waals surface area contributed by atoms with Crippen molar-refractivity contribution in [3.63, 3.8) is 0 Å². The van der Waals surface area contributed by atoms with Gasteiger partial charge < -0.3 is 0 Å². The molecule has 0 aliphatic carbocycles. The van der Waals surface area contributed by atoms with Crippen molar-refractivity contribution in [1.82, 2.24) is 0 Å². The predicted molar refractivity (Wildman–Crippen MR) is 47.9 cm³/mol. The van der Waals surface area contributed by atoms with Gasteiger partial charge in [0.2, 0.25) is 0 Å². The van der Waals surface area contributed by atoms with Crippen molar-refractivity contribution < 1.29 is 0 Å². The van der Waals surface area contributed by atoms with Crippen LogP contribution in [-0.2, 0) is 0 Å². The third kappa shape index (κ3) is 9.12. The van der Waals surface area contributed by atoms with E-state index < -0.39 is 18.4 Å². The van der Waals surface area contributed by atoms with Gasteiger partial charge in [-0.2, -0.15) is 0 Å². The molecule has 0 aliphatic heterocycles. The van der Waals surface area contributed by atoms with Crippen LogP contribution in [-0.4, -0.2) is 18.4 Å². The van der Waals surface area contributed by atoms with Crippen LogP contribution in [0.1, 0.15) is 0 Å². The van der Waals surface area contributed by atoms with Crippen molar-refractivity contribution >= 4 is 41.6 Å². The van der Waals surface area contributed by atoms with E-state index in [1.54, 1.807) is 0 Å². The summed E-state index contributed by atoms with van der Waals surface area (Å²) >= 11 is 9.28. The molecule has 0 aliphatic rings. The van der Waals surface area contributed by atoms with Gasteiger partial charge in [0.15, 0.2) is 0 Å². The number of hydrogen-bond acceptors (Lipinski definition) is 0. The molecular formula is C6H12Cl2Sn. The van der Waals surface area contributed by atoms with Crippen LogP contribution in [0.4, 0.5) is 0 Å². The predicted octanol–water partition coefficient (Wildman–Crippen LogP) is 3.64. The molecule has 0 fully saturated rings. The standard InChI is InChI=1S/C3H3Cl2.3CH3.Sn/c1-2-3(4)5;;;;/h2H,1H2;3*1H3;. The van der Waals surface area contributed by atoms with Crippen molar-refractivity contribution in [2.45, 2.75) is 19.3 Å². The van der Waals surface area contributed by atoms with E-state index in [9.17, 15) is 0 Å². The topological polar surface area (TPSA) is 0 Å². The first-order chi connectivity index (χ1) is 3.92. The third-order valence-corrected chi connectivity index (χ3v) is 5.26. The molecule has 0 amide bonds. The van der Waals surface area contributed by atoms with Crippen molar-refractivity contribution in [3.05, 3.63) is 10.6 Å². The summed E-state index contributed by atoms with van der Waals surface area (Å²) in [5.41, 5.74) is 0. The van der Waals surface area contributed by atoms with E-state index in [-0.39, 0.29) is 0 Å². The van der Waals surface area contributed by atoms with E-state index in [1.807, 2.05) is 6.08 Å². The Labute approximate surface area is 71.1 Å². The number of rotatable bonds is 2. The van der Waals surface area contributed by atoms with Crippen molar-refractivity contribution in [2.24, 2.45) is 0 Å².